The van der Waals surface area contributed by atoms with Crippen LogP contribution in [0.15, 0.2) is 0 Å². The van der Waals surface area contributed by atoms with E-state index in [1.807, 2.05) is 13.8 Å². The van der Waals surface area contributed by atoms with E-state index in [1.54, 1.807) is 0 Å². The Morgan fingerprint density at radius 3 is 2.45 bits per heavy atom. The van der Waals surface area contributed by atoms with E-state index in [2.05, 4.69) is 0 Å². The van der Waals surface area contributed by atoms with Gasteiger partial charge in [-0.25, -0.2) is 0 Å². The van der Waals surface area contributed by atoms with Gasteiger partial charge in [-0.3, -0.25) is 0 Å². The van der Waals surface area contributed by atoms with Crippen LogP contribution in [0.25, 0.3) is 0 Å². The summed E-state index contributed by atoms with van der Waals surface area (Å²) in [5, 5.41) is 21.2. The SMILES string of the molecule is CCC1(C)CN(O)CCN1O. The molecule has 0 aromatic heterocycles. The van der Waals surface area contributed by atoms with Crippen molar-refractivity contribution in [3.63, 3.8) is 0 Å². The Bertz CT molecular complexity index is 142. The lowest BCUT2D eigenvalue weighted by molar-refractivity contribution is -0.246. The maximum Gasteiger partial charge on any atom is 0.0580 e. The van der Waals surface area contributed by atoms with Gasteiger partial charge in [0.25, 0.3) is 0 Å². The quantitative estimate of drug-likeness (QED) is 0.588. The summed E-state index contributed by atoms with van der Waals surface area (Å²) >= 11 is 0. The van der Waals surface area contributed by atoms with Gasteiger partial charge < -0.3 is 10.4 Å². The number of hydrogen-bond donors (Lipinski definition) is 2. The van der Waals surface area contributed by atoms with E-state index in [1.165, 1.54) is 10.1 Å². The van der Waals surface area contributed by atoms with Crippen LogP contribution in [0.4, 0.5) is 0 Å². The van der Waals surface area contributed by atoms with E-state index in [0.717, 1.165) is 6.42 Å². The lowest BCUT2D eigenvalue weighted by Crippen LogP contribution is -2.58. The standard InChI is InChI=1S/C7H16N2O2/c1-3-7(2)6-8(10)4-5-9(7)11/h10-11H,3-6H2,1-2H3. The van der Waals surface area contributed by atoms with E-state index in [0.29, 0.717) is 19.6 Å². The highest BCUT2D eigenvalue weighted by Crippen LogP contribution is 2.21. The number of nitrogens with zero attached hydrogens (tertiary/aromatic N) is 2. The van der Waals surface area contributed by atoms with Crippen molar-refractivity contribution in [2.45, 2.75) is 25.8 Å². The average molecular weight is 160 g/mol. The molecule has 0 aromatic carbocycles. The van der Waals surface area contributed by atoms with Crippen molar-refractivity contribution in [2.75, 3.05) is 19.6 Å². The summed E-state index contributed by atoms with van der Waals surface area (Å²) in [6.45, 7) is 5.49. The third kappa shape index (κ3) is 1.70. The van der Waals surface area contributed by atoms with Gasteiger partial charge in [0.05, 0.1) is 5.54 Å². The molecule has 0 amide bonds. The Morgan fingerprint density at radius 2 is 2.00 bits per heavy atom. The fourth-order valence-corrected chi connectivity index (χ4v) is 1.33. The molecule has 4 heteroatoms. The zero-order valence-electron chi connectivity index (χ0n) is 7.12. The molecule has 1 heterocycles. The molecule has 2 N–H and O–H groups in total. The van der Waals surface area contributed by atoms with Crippen molar-refractivity contribution >= 4 is 0 Å². The third-order valence-corrected chi connectivity index (χ3v) is 2.48. The highest BCUT2D eigenvalue weighted by atomic mass is 16.5. The van der Waals surface area contributed by atoms with Crippen LogP contribution >= 0.6 is 0 Å². The van der Waals surface area contributed by atoms with E-state index in [4.69, 9.17) is 0 Å². The molecule has 1 rings (SSSR count). The van der Waals surface area contributed by atoms with Gasteiger partial charge in [-0.1, -0.05) is 6.92 Å². The molecule has 66 valence electrons. The summed E-state index contributed by atoms with van der Waals surface area (Å²) in [4.78, 5) is 0. The molecule has 1 saturated heterocycles. The van der Waals surface area contributed by atoms with E-state index in [-0.39, 0.29) is 5.54 Å². The van der Waals surface area contributed by atoms with E-state index >= 15 is 0 Å². The average Bonchev–Trinajstić information content (AvgIpc) is 1.98. The molecule has 1 unspecified atom stereocenters. The molecule has 1 atom stereocenters. The summed E-state index contributed by atoms with van der Waals surface area (Å²) in [5.74, 6) is 0. The number of hydrogen-bond acceptors (Lipinski definition) is 4. The first kappa shape index (κ1) is 8.93. The van der Waals surface area contributed by atoms with Crippen molar-refractivity contribution < 1.29 is 10.4 Å². The normalized spacial score (nSPS) is 36.0. The van der Waals surface area contributed by atoms with Gasteiger partial charge in [0.2, 0.25) is 0 Å². The molecular weight excluding hydrogens is 144 g/mol. The molecule has 1 aliphatic heterocycles. The molecule has 11 heavy (non-hydrogen) atoms. The Balaban J connectivity index is 2.60. The number of piperazine rings is 1. The van der Waals surface area contributed by atoms with Crippen molar-refractivity contribution in [3.8, 4) is 0 Å². The lowest BCUT2D eigenvalue weighted by atomic mass is 9.96. The molecule has 0 saturated carbocycles. The lowest BCUT2D eigenvalue weighted by Gasteiger charge is -2.42. The van der Waals surface area contributed by atoms with Gasteiger partial charge in [0.15, 0.2) is 0 Å². The Kier molecular flexibility index (Phi) is 2.49. The summed E-state index contributed by atoms with van der Waals surface area (Å²) < 4.78 is 0. The van der Waals surface area contributed by atoms with Gasteiger partial charge in [0.1, 0.15) is 0 Å². The van der Waals surface area contributed by atoms with Crippen LogP contribution in [0.5, 0.6) is 0 Å². The summed E-state index contributed by atoms with van der Waals surface area (Å²) in [6.07, 6.45) is 0.834. The van der Waals surface area contributed by atoms with Gasteiger partial charge in [-0.2, -0.15) is 10.1 Å². The minimum atomic E-state index is -0.285. The fraction of sp³-hybridized carbons (Fsp3) is 1.00. The van der Waals surface area contributed by atoms with Crippen LogP contribution in [-0.4, -0.2) is 45.7 Å². The van der Waals surface area contributed by atoms with Crippen molar-refractivity contribution in [1.82, 2.24) is 10.1 Å². The maximum absolute atomic E-state index is 9.44. The maximum atomic E-state index is 9.44. The molecule has 0 radical (unpaired) electrons. The van der Waals surface area contributed by atoms with Crippen LogP contribution in [0.1, 0.15) is 20.3 Å². The molecule has 1 fully saturated rings. The second kappa shape index (κ2) is 3.06. The molecule has 0 aromatic rings. The molecule has 1 aliphatic rings. The topological polar surface area (TPSA) is 46.9 Å². The van der Waals surface area contributed by atoms with E-state index < -0.39 is 0 Å². The van der Waals surface area contributed by atoms with Gasteiger partial charge in [-0.15, -0.1) is 0 Å². The molecule has 0 spiro atoms. The smallest absolute Gasteiger partial charge is 0.0580 e. The first-order chi connectivity index (χ1) is 5.08. The summed E-state index contributed by atoms with van der Waals surface area (Å²) in [5.41, 5.74) is -0.285. The highest BCUT2D eigenvalue weighted by molar-refractivity contribution is 4.86. The fourth-order valence-electron chi connectivity index (χ4n) is 1.33. The zero-order valence-corrected chi connectivity index (χ0v) is 7.12. The summed E-state index contributed by atoms with van der Waals surface area (Å²) in [6, 6.07) is 0. The van der Waals surface area contributed by atoms with Crippen LogP contribution < -0.4 is 0 Å². The Morgan fingerprint density at radius 1 is 1.36 bits per heavy atom. The molecule has 0 aliphatic carbocycles. The largest absolute Gasteiger partial charge is 0.314 e. The monoisotopic (exact) mass is 160 g/mol. The van der Waals surface area contributed by atoms with Crippen molar-refractivity contribution in [1.29, 1.82) is 0 Å². The third-order valence-electron chi connectivity index (χ3n) is 2.48. The van der Waals surface area contributed by atoms with Crippen LogP contribution in [-0.2, 0) is 0 Å². The van der Waals surface area contributed by atoms with Crippen molar-refractivity contribution in [2.24, 2.45) is 0 Å². The second-order valence-corrected chi connectivity index (χ2v) is 3.36. The van der Waals surface area contributed by atoms with Gasteiger partial charge in [-0.05, 0) is 13.3 Å². The van der Waals surface area contributed by atoms with Crippen LogP contribution in [0.2, 0.25) is 0 Å². The molecular formula is C7H16N2O2. The second-order valence-electron chi connectivity index (χ2n) is 3.36. The molecule has 0 bridgehead atoms. The highest BCUT2D eigenvalue weighted by Gasteiger charge is 2.35. The number of rotatable bonds is 1. The van der Waals surface area contributed by atoms with Crippen molar-refractivity contribution in [3.05, 3.63) is 0 Å². The predicted octanol–water partition coefficient (Wildman–Crippen LogP) is 0.551. The minimum absolute atomic E-state index is 0.285. The number of hydroxylamine groups is 4. The zero-order chi connectivity index (χ0) is 8.48. The van der Waals surface area contributed by atoms with Crippen LogP contribution in [0.3, 0.4) is 0 Å². The van der Waals surface area contributed by atoms with Gasteiger partial charge >= 0.3 is 0 Å². The Hall–Kier alpha value is -0.160. The van der Waals surface area contributed by atoms with Gasteiger partial charge in [0, 0.05) is 19.6 Å². The predicted molar refractivity (Wildman–Crippen MR) is 40.5 cm³/mol. The summed E-state index contributed by atoms with van der Waals surface area (Å²) in [7, 11) is 0. The first-order valence-corrected chi connectivity index (χ1v) is 3.99. The first-order valence-electron chi connectivity index (χ1n) is 3.99. The minimum Gasteiger partial charge on any atom is -0.314 e. The molecule has 4 nitrogen and oxygen atoms in total. The van der Waals surface area contributed by atoms with Crippen LogP contribution in [0, 0.1) is 0 Å². The Labute approximate surface area is 66.9 Å². The van der Waals surface area contributed by atoms with E-state index in [9.17, 15) is 10.4 Å².